The van der Waals surface area contributed by atoms with Gasteiger partial charge in [0.15, 0.2) is 0 Å². The second-order valence-electron chi connectivity index (χ2n) is 7.76. The maximum atomic E-state index is 12.4. The summed E-state index contributed by atoms with van der Waals surface area (Å²) < 4.78 is 4.99. The molecule has 4 fully saturated rings. The van der Waals surface area contributed by atoms with Crippen molar-refractivity contribution in [3.8, 4) is 0 Å². The quantitative estimate of drug-likeness (QED) is 0.871. The standard InChI is InChI=1S/C19H22O4/c1-23-16(20)15-13-7-12-8-18(10-13,14-5-3-2-4-6-14)11-19(15,9-12)17(21)22/h2-6,12-13,15H,7-11H2,1H3,(H,21,22). The first kappa shape index (κ1) is 14.7. The van der Waals surface area contributed by atoms with Crippen LogP contribution in [0, 0.1) is 23.2 Å². The summed E-state index contributed by atoms with van der Waals surface area (Å²) in [4.78, 5) is 24.6. The topological polar surface area (TPSA) is 63.6 Å². The molecule has 1 aromatic carbocycles. The SMILES string of the molecule is COC(=O)C1C2CC3CC(c4ccccc4)(C2)CC1(C(=O)O)C3. The number of benzene rings is 1. The minimum absolute atomic E-state index is 0.0873. The Bertz CT molecular complexity index is 655. The van der Waals surface area contributed by atoms with E-state index in [1.807, 2.05) is 18.2 Å². The van der Waals surface area contributed by atoms with Gasteiger partial charge in [0.2, 0.25) is 0 Å². The third-order valence-electron chi connectivity index (χ3n) is 6.61. The molecule has 4 aliphatic carbocycles. The summed E-state index contributed by atoms with van der Waals surface area (Å²) in [5.41, 5.74) is 0.201. The molecule has 0 heterocycles. The van der Waals surface area contributed by atoms with Crippen molar-refractivity contribution in [2.24, 2.45) is 23.2 Å². The minimum atomic E-state index is -0.951. The number of hydrogen-bond acceptors (Lipinski definition) is 3. The highest BCUT2D eigenvalue weighted by molar-refractivity contribution is 5.86. The molecule has 0 aromatic heterocycles. The van der Waals surface area contributed by atoms with E-state index in [1.165, 1.54) is 12.7 Å². The molecule has 5 rings (SSSR count). The predicted molar refractivity (Wildman–Crippen MR) is 83.8 cm³/mol. The van der Waals surface area contributed by atoms with Crippen LogP contribution in [0.1, 0.15) is 37.7 Å². The van der Waals surface area contributed by atoms with Crippen LogP contribution >= 0.6 is 0 Å². The first-order chi connectivity index (χ1) is 11.0. The molecule has 0 amide bonds. The van der Waals surface area contributed by atoms with E-state index in [9.17, 15) is 14.7 Å². The van der Waals surface area contributed by atoms with Crippen LogP contribution in [0.25, 0.3) is 0 Å². The van der Waals surface area contributed by atoms with Gasteiger partial charge in [-0.05, 0) is 54.9 Å². The molecule has 5 unspecified atom stereocenters. The molecule has 0 saturated heterocycles. The average molecular weight is 314 g/mol. The smallest absolute Gasteiger partial charge is 0.310 e. The second-order valence-corrected chi connectivity index (χ2v) is 7.76. The van der Waals surface area contributed by atoms with Crippen molar-refractivity contribution in [3.63, 3.8) is 0 Å². The van der Waals surface area contributed by atoms with E-state index in [0.29, 0.717) is 18.8 Å². The summed E-state index contributed by atoms with van der Waals surface area (Å²) in [7, 11) is 1.37. The van der Waals surface area contributed by atoms with Crippen molar-refractivity contribution in [2.45, 2.75) is 37.5 Å². The maximum Gasteiger partial charge on any atom is 0.310 e. The molecule has 4 nitrogen and oxygen atoms in total. The number of carbonyl (C=O) groups is 2. The lowest BCUT2D eigenvalue weighted by atomic mass is 9.39. The largest absolute Gasteiger partial charge is 0.481 e. The van der Waals surface area contributed by atoms with Crippen LogP contribution < -0.4 is 0 Å². The molecule has 1 aromatic rings. The van der Waals surface area contributed by atoms with Crippen LogP contribution in [0.5, 0.6) is 0 Å². The van der Waals surface area contributed by atoms with Gasteiger partial charge in [0.25, 0.3) is 0 Å². The first-order valence-electron chi connectivity index (χ1n) is 8.37. The molecule has 1 N–H and O–H groups in total. The first-order valence-corrected chi connectivity index (χ1v) is 8.37. The Balaban J connectivity index is 1.83. The van der Waals surface area contributed by atoms with E-state index in [-0.39, 0.29) is 17.3 Å². The van der Waals surface area contributed by atoms with E-state index in [4.69, 9.17) is 4.74 Å². The Labute approximate surface area is 135 Å². The van der Waals surface area contributed by atoms with Crippen molar-refractivity contribution < 1.29 is 19.4 Å². The molecule has 4 heteroatoms. The van der Waals surface area contributed by atoms with E-state index < -0.39 is 17.3 Å². The van der Waals surface area contributed by atoms with Crippen LogP contribution in [0.4, 0.5) is 0 Å². The van der Waals surface area contributed by atoms with Gasteiger partial charge < -0.3 is 9.84 Å². The van der Waals surface area contributed by atoms with Gasteiger partial charge in [-0.2, -0.15) is 0 Å². The summed E-state index contributed by atoms with van der Waals surface area (Å²) in [6.45, 7) is 0. The lowest BCUT2D eigenvalue weighted by Gasteiger charge is -2.63. The number of hydrogen-bond donors (Lipinski definition) is 1. The molecule has 0 radical (unpaired) electrons. The van der Waals surface area contributed by atoms with E-state index in [1.54, 1.807) is 0 Å². The molecule has 5 atom stereocenters. The predicted octanol–water partition coefficient (Wildman–Crippen LogP) is 3.01. The van der Waals surface area contributed by atoms with Crippen molar-refractivity contribution >= 4 is 11.9 Å². The lowest BCUT2D eigenvalue weighted by molar-refractivity contribution is -0.194. The summed E-state index contributed by atoms with van der Waals surface area (Å²) in [6, 6.07) is 10.3. The fraction of sp³-hybridized carbons (Fsp3) is 0.579. The Hall–Kier alpha value is -1.84. The van der Waals surface area contributed by atoms with Crippen LogP contribution in [-0.2, 0) is 19.7 Å². The van der Waals surface area contributed by atoms with Crippen molar-refractivity contribution in [1.29, 1.82) is 0 Å². The van der Waals surface area contributed by atoms with Crippen LogP contribution in [-0.4, -0.2) is 24.2 Å². The zero-order valence-electron chi connectivity index (χ0n) is 13.3. The van der Waals surface area contributed by atoms with Gasteiger partial charge in [-0.3, -0.25) is 9.59 Å². The molecule has 23 heavy (non-hydrogen) atoms. The fourth-order valence-corrected chi connectivity index (χ4v) is 6.14. The number of ether oxygens (including phenoxy) is 1. The van der Waals surface area contributed by atoms with Crippen molar-refractivity contribution in [3.05, 3.63) is 35.9 Å². The minimum Gasteiger partial charge on any atom is -0.481 e. The monoisotopic (exact) mass is 314 g/mol. The third-order valence-corrected chi connectivity index (χ3v) is 6.61. The normalized spacial score (nSPS) is 40.8. The Kier molecular flexibility index (Phi) is 3.09. The van der Waals surface area contributed by atoms with Crippen LogP contribution in [0.15, 0.2) is 30.3 Å². The van der Waals surface area contributed by atoms with Gasteiger partial charge in [0.05, 0.1) is 18.4 Å². The molecule has 0 aliphatic heterocycles. The molecule has 0 spiro atoms. The average Bonchev–Trinajstić information content (AvgIpc) is 2.54. The number of carbonyl (C=O) groups excluding carboxylic acids is 1. The molecule has 4 saturated carbocycles. The Morgan fingerprint density at radius 3 is 2.57 bits per heavy atom. The van der Waals surface area contributed by atoms with Gasteiger partial charge in [0, 0.05) is 0 Å². The third kappa shape index (κ3) is 1.90. The summed E-state index contributed by atoms with van der Waals surface area (Å²) in [6.07, 6.45) is 4.10. The zero-order chi connectivity index (χ0) is 16.2. The molecule has 4 bridgehead atoms. The maximum absolute atomic E-state index is 12.4. The van der Waals surface area contributed by atoms with Gasteiger partial charge in [0.1, 0.15) is 0 Å². The van der Waals surface area contributed by atoms with Crippen molar-refractivity contribution in [2.75, 3.05) is 7.11 Å². The number of carboxylic acid groups (broad SMARTS) is 1. The van der Waals surface area contributed by atoms with Gasteiger partial charge in [-0.15, -0.1) is 0 Å². The molecule has 122 valence electrons. The van der Waals surface area contributed by atoms with Crippen molar-refractivity contribution in [1.82, 2.24) is 0 Å². The number of carboxylic acids is 1. The summed E-state index contributed by atoms with van der Waals surface area (Å²) in [5.74, 6) is -1.11. The van der Waals surface area contributed by atoms with Crippen LogP contribution in [0.3, 0.4) is 0 Å². The molecule has 4 aliphatic rings. The number of esters is 1. The number of methoxy groups -OCH3 is 1. The lowest BCUT2D eigenvalue weighted by Crippen LogP contribution is -2.63. The fourth-order valence-electron chi connectivity index (χ4n) is 6.14. The second kappa shape index (κ2) is 4.83. The number of rotatable bonds is 3. The van der Waals surface area contributed by atoms with Gasteiger partial charge in [-0.1, -0.05) is 30.3 Å². The van der Waals surface area contributed by atoms with E-state index >= 15 is 0 Å². The van der Waals surface area contributed by atoms with Crippen LogP contribution in [0.2, 0.25) is 0 Å². The highest BCUT2D eigenvalue weighted by Gasteiger charge is 2.68. The van der Waals surface area contributed by atoms with Gasteiger partial charge in [-0.25, -0.2) is 0 Å². The van der Waals surface area contributed by atoms with E-state index in [0.717, 1.165) is 19.3 Å². The summed E-state index contributed by atoms with van der Waals surface area (Å²) >= 11 is 0. The highest BCUT2D eigenvalue weighted by atomic mass is 16.5. The van der Waals surface area contributed by atoms with Gasteiger partial charge >= 0.3 is 11.9 Å². The number of aliphatic carboxylic acids is 1. The zero-order valence-corrected chi connectivity index (χ0v) is 13.3. The Morgan fingerprint density at radius 1 is 1.17 bits per heavy atom. The molecular formula is C19H22O4. The summed E-state index contributed by atoms with van der Waals surface area (Å²) in [5, 5.41) is 10.0. The van der Waals surface area contributed by atoms with E-state index in [2.05, 4.69) is 12.1 Å². The Morgan fingerprint density at radius 2 is 1.91 bits per heavy atom. The highest BCUT2D eigenvalue weighted by Crippen LogP contribution is 2.68. The molecular weight excluding hydrogens is 292 g/mol.